The summed E-state index contributed by atoms with van der Waals surface area (Å²) < 4.78 is 15.5. The third-order valence-corrected chi connectivity index (χ3v) is 4.02. The smallest absolute Gasteiger partial charge is 0.337 e. The first kappa shape index (κ1) is 11.0. The molecule has 3 aliphatic rings. The number of hydrogen-bond acceptors (Lipinski definition) is 6. The standard InChI is InChI=1S/C11H14O6/c1-11(14)6-5-4(3-16-10(6)15-2)9(13)17-7(5)8(11)12/h3,5-8,10,12,14H,1-2H3/t5-,6-,7+,8+,10?,11-/m1/s1. The zero-order valence-corrected chi connectivity index (χ0v) is 9.49. The Hall–Kier alpha value is -1.11. The van der Waals surface area contributed by atoms with E-state index in [1.54, 1.807) is 0 Å². The van der Waals surface area contributed by atoms with Crippen molar-refractivity contribution in [2.75, 3.05) is 7.11 Å². The largest absolute Gasteiger partial charge is 0.472 e. The van der Waals surface area contributed by atoms with Crippen molar-refractivity contribution in [1.82, 2.24) is 0 Å². The number of carbonyl (C=O) groups excluding carboxylic acids is 1. The summed E-state index contributed by atoms with van der Waals surface area (Å²) in [4.78, 5) is 11.5. The lowest BCUT2D eigenvalue weighted by Crippen LogP contribution is -2.49. The van der Waals surface area contributed by atoms with Crippen LogP contribution in [0.3, 0.4) is 0 Å². The first-order valence-corrected chi connectivity index (χ1v) is 5.48. The quantitative estimate of drug-likeness (QED) is 0.583. The SMILES string of the molecule is COC1OC=C2C(=O)O[C@H]3[C@H]2[C@H]1[C@@](C)(O)[C@H]3O. The van der Waals surface area contributed by atoms with Crippen LogP contribution in [0, 0.1) is 11.8 Å². The van der Waals surface area contributed by atoms with Crippen molar-refractivity contribution >= 4 is 5.97 Å². The molecule has 6 heteroatoms. The van der Waals surface area contributed by atoms with Crippen LogP contribution in [0.4, 0.5) is 0 Å². The van der Waals surface area contributed by atoms with E-state index in [4.69, 9.17) is 14.2 Å². The molecule has 17 heavy (non-hydrogen) atoms. The number of rotatable bonds is 1. The summed E-state index contributed by atoms with van der Waals surface area (Å²) in [6.45, 7) is 1.51. The van der Waals surface area contributed by atoms with Gasteiger partial charge in [-0.25, -0.2) is 4.79 Å². The average molecular weight is 242 g/mol. The van der Waals surface area contributed by atoms with Gasteiger partial charge in [0, 0.05) is 13.0 Å². The van der Waals surface area contributed by atoms with Crippen molar-refractivity contribution in [3.8, 4) is 0 Å². The van der Waals surface area contributed by atoms with E-state index in [9.17, 15) is 15.0 Å². The lowest BCUT2D eigenvalue weighted by molar-refractivity contribution is -0.193. The van der Waals surface area contributed by atoms with Gasteiger partial charge in [-0.2, -0.15) is 0 Å². The Morgan fingerprint density at radius 1 is 1.53 bits per heavy atom. The van der Waals surface area contributed by atoms with Gasteiger partial charge >= 0.3 is 5.97 Å². The molecular weight excluding hydrogens is 228 g/mol. The Balaban J connectivity index is 2.09. The fraction of sp³-hybridized carbons (Fsp3) is 0.727. The minimum atomic E-state index is -1.41. The van der Waals surface area contributed by atoms with E-state index in [1.165, 1.54) is 20.3 Å². The van der Waals surface area contributed by atoms with Crippen molar-refractivity contribution in [3.05, 3.63) is 11.8 Å². The van der Waals surface area contributed by atoms with Crippen LogP contribution in [-0.2, 0) is 19.0 Å². The zero-order valence-electron chi connectivity index (χ0n) is 9.49. The number of aliphatic hydroxyl groups excluding tert-OH is 1. The molecule has 1 saturated heterocycles. The Labute approximate surface area is 97.8 Å². The van der Waals surface area contributed by atoms with Gasteiger partial charge in [0.25, 0.3) is 0 Å². The number of hydrogen-bond donors (Lipinski definition) is 2. The molecule has 1 aliphatic carbocycles. The lowest BCUT2D eigenvalue weighted by atomic mass is 9.81. The van der Waals surface area contributed by atoms with E-state index < -0.39 is 36.0 Å². The summed E-state index contributed by atoms with van der Waals surface area (Å²) in [5.74, 6) is -1.38. The van der Waals surface area contributed by atoms with E-state index in [1.807, 2.05) is 0 Å². The van der Waals surface area contributed by atoms with Crippen LogP contribution in [0.1, 0.15) is 6.92 Å². The van der Waals surface area contributed by atoms with Crippen LogP contribution < -0.4 is 0 Å². The minimum absolute atomic E-state index is 0.366. The highest BCUT2D eigenvalue weighted by Gasteiger charge is 2.67. The number of aliphatic hydroxyl groups is 2. The second-order valence-corrected chi connectivity index (χ2v) is 4.91. The third kappa shape index (κ3) is 1.17. The summed E-state index contributed by atoms with van der Waals surface area (Å²) >= 11 is 0. The molecule has 0 aromatic rings. The summed E-state index contributed by atoms with van der Waals surface area (Å²) in [7, 11) is 1.46. The molecule has 0 bridgehead atoms. The number of methoxy groups -OCH3 is 1. The highest BCUT2D eigenvalue weighted by Crippen LogP contribution is 2.53. The van der Waals surface area contributed by atoms with Crippen LogP contribution in [0.2, 0.25) is 0 Å². The Bertz CT molecular complexity index is 401. The van der Waals surface area contributed by atoms with E-state index in [0.29, 0.717) is 5.57 Å². The van der Waals surface area contributed by atoms with E-state index >= 15 is 0 Å². The van der Waals surface area contributed by atoms with Gasteiger partial charge in [-0.1, -0.05) is 0 Å². The minimum Gasteiger partial charge on any atom is -0.472 e. The molecule has 0 spiro atoms. The van der Waals surface area contributed by atoms with Crippen LogP contribution in [0.25, 0.3) is 0 Å². The first-order chi connectivity index (χ1) is 7.98. The maximum absolute atomic E-state index is 11.5. The van der Waals surface area contributed by atoms with Gasteiger partial charge in [0.05, 0.1) is 17.8 Å². The van der Waals surface area contributed by atoms with Crippen molar-refractivity contribution in [1.29, 1.82) is 0 Å². The molecule has 1 saturated carbocycles. The monoisotopic (exact) mass is 242 g/mol. The fourth-order valence-corrected chi connectivity index (χ4v) is 3.13. The number of ether oxygens (including phenoxy) is 3. The van der Waals surface area contributed by atoms with Gasteiger partial charge in [0.15, 0.2) is 0 Å². The molecule has 2 heterocycles. The second kappa shape index (κ2) is 3.22. The zero-order chi connectivity index (χ0) is 12.4. The third-order valence-electron chi connectivity index (χ3n) is 4.02. The summed E-state index contributed by atoms with van der Waals surface area (Å²) in [6.07, 6.45) is -1.22. The topological polar surface area (TPSA) is 85.2 Å². The molecule has 0 aromatic carbocycles. The Kier molecular flexibility index (Phi) is 2.08. The molecule has 94 valence electrons. The summed E-state index contributed by atoms with van der Waals surface area (Å²) in [5, 5.41) is 20.4. The van der Waals surface area contributed by atoms with Crippen molar-refractivity contribution in [2.24, 2.45) is 11.8 Å². The van der Waals surface area contributed by atoms with E-state index in [0.717, 1.165) is 0 Å². The molecule has 6 atom stereocenters. The molecular formula is C11H14O6. The maximum Gasteiger partial charge on any atom is 0.337 e. The molecule has 3 rings (SSSR count). The molecule has 2 N–H and O–H groups in total. The predicted octanol–water partition coefficient (Wildman–Crippen LogP) is -0.844. The van der Waals surface area contributed by atoms with Crippen LogP contribution in [-0.4, -0.2) is 47.4 Å². The van der Waals surface area contributed by atoms with Gasteiger partial charge in [-0.15, -0.1) is 0 Å². The molecule has 1 unspecified atom stereocenters. The highest BCUT2D eigenvalue weighted by atomic mass is 16.7. The van der Waals surface area contributed by atoms with Crippen molar-refractivity contribution < 1.29 is 29.2 Å². The first-order valence-electron chi connectivity index (χ1n) is 5.48. The van der Waals surface area contributed by atoms with Crippen LogP contribution in [0.15, 0.2) is 11.8 Å². The molecule has 0 amide bonds. The fourth-order valence-electron chi connectivity index (χ4n) is 3.13. The van der Waals surface area contributed by atoms with Gasteiger partial charge in [0.2, 0.25) is 6.29 Å². The van der Waals surface area contributed by atoms with Gasteiger partial charge < -0.3 is 24.4 Å². The van der Waals surface area contributed by atoms with E-state index in [2.05, 4.69) is 0 Å². The number of carbonyl (C=O) groups is 1. The molecule has 2 aliphatic heterocycles. The molecule has 6 nitrogen and oxygen atoms in total. The molecule has 0 aromatic heterocycles. The van der Waals surface area contributed by atoms with Crippen molar-refractivity contribution in [3.63, 3.8) is 0 Å². The molecule has 2 fully saturated rings. The summed E-state index contributed by atoms with van der Waals surface area (Å²) in [5.41, 5.74) is -1.04. The summed E-state index contributed by atoms with van der Waals surface area (Å²) in [6, 6.07) is 0. The average Bonchev–Trinajstić information content (AvgIpc) is 2.72. The predicted molar refractivity (Wildman–Crippen MR) is 53.5 cm³/mol. The number of esters is 1. The second-order valence-electron chi connectivity index (χ2n) is 4.91. The highest BCUT2D eigenvalue weighted by molar-refractivity contribution is 5.92. The van der Waals surface area contributed by atoms with Crippen molar-refractivity contribution in [2.45, 2.75) is 31.0 Å². The maximum atomic E-state index is 11.5. The normalized spacial score (nSPS) is 51.6. The van der Waals surface area contributed by atoms with Crippen LogP contribution in [0.5, 0.6) is 0 Å². The molecule has 0 radical (unpaired) electrons. The van der Waals surface area contributed by atoms with Gasteiger partial charge in [-0.3, -0.25) is 0 Å². The Morgan fingerprint density at radius 3 is 2.88 bits per heavy atom. The Morgan fingerprint density at radius 2 is 2.24 bits per heavy atom. The van der Waals surface area contributed by atoms with Gasteiger partial charge in [-0.05, 0) is 6.92 Å². The lowest BCUT2D eigenvalue weighted by Gasteiger charge is -2.36. The van der Waals surface area contributed by atoms with Gasteiger partial charge in [0.1, 0.15) is 17.8 Å². The van der Waals surface area contributed by atoms with E-state index in [-0.39, 0.29) is 5.92 Å². The van der Waals surface area contributed by atoms with Crippen LogP contribution >= 0.6 is 0 Å².